The van der Waals surface area contributed by atoms with E-state index in [0.717, 1.165) is 11.1 Å². The number of anilines is 1. The van der Waals surface area contributed by atoms with E-state index < -0.39 is 10.0 Å². The van der Waals surface area contributed by atoms with E-state index in [1.54, 1.807) is 24.4 Å². The van der Waals surface area contributed by atoms with E-state index in [1.165, 1.54) is 11.3 Å². The zero-order valence-corrected chi connectivity index (χ0v) is 12.4. The molecule has 1 aromatic carbocycles. The monoisotopic (exact) mass is 296 g/mol. The van der Waals surface area contributed by atoms with Gasteiger partial charge >= 0.3 is 0 Å². The standard InChI is InChI=1S/C13H16N2O2S2/c1-10-3-4-11(8-14-2)7-13(10)19(16,17)15-12-5-6-18-9-12/h3-7,9,14-15H,8H2,1-2H3. The van der Waals surface area contributed by atoms with Crippen molar-refractivity contribution < 1.29 is 8.42 Å². The second-order valence-corrected chi connectivity index (χ2v) is 6.68. The number of hydrogen-bond acceptors (Lipinski definition) is 4. The fraction of sp³-hybridized carbons (Fsp3) is 0.231. The summed E-state index contributed by atoms with van der Waals surface area (Å²) in [5, 5.41) is 6.62. The third-order valence-electron chi connectivity index (χ3n) is 2.70. The number of nitrogens with one attached hydrogen (secondary N) is 2. The molecule has 0 spiro atoms. The highest BCUT2D eigenvalue weighted by atomic mass is 32.2. The summed E-state index contributed by atoms with van der Waals surface area (Å²) in [7, 11) is -1.69. The maximum atomic E-state index is 12.3. The van der Waals surface area contributed by atoms with Gasteiger partial charge in [-0.3, -0.25) is 4.72 Å². The van der Waals surface area contributed by atoms with Gasteiger partial charge < -0.3 is 5.32 Å². The average molecular weight is 296 g/mol. The second kappa shape index (κ2) is 5.73. The van der Waals surface area contributed by atoms with Crippen molar-refractivity contribution in [3.63, 3.8) is 0 Å². The second-order valence-electron chi connectivity index (χ2n) is 4.25. The first-order chi connectivity index (χ1) is 9.03. The van der Waals surface area contributed by atoms with Gasteiger partial charge in [0.15, 0.2) is 0 Å². The summed E-state index contributed by atoms with van der Waals surface area (Å²) >= 11 is 1.45. The Kier molecular flexibility index (Phi) is 4.24. The third kappa shape index (κ3) is 3.34. The summed E-state index contributed by atoms with van der Waals surface area (Å²) in [6, 6.07) is 7.21. The van der Waals surface area contributed by atoms with Crippen molar-refractivity contribution in [1.82, 2.24) is 5.32 Å². The predicted octanol–water partition coefficient (Wildman–Crippen LogP) is 2.58. The lowest BCUT2D eigenvalue weighted by Gasteiger charge is -2.11. The largest absolute Gasteiger partial charge is 0.316 e. The maximum Gasteiger partial charge on any atom is 0.262 e. The predicted molar refractivity (Wildman–Crippen MR) is 79.1 cm³/mol. The molecule has 0 saturated carbocycles. The Balaban J connectivity index is 2.36. The van der Waals surface area contributed by atoms with Crippen LogP contribution in [0.5, 0.6) is 0 Å². The van der Waals surface area contributed by atoms with E-state index >= 15 is 0 Å². The number of benzene rings is 1. The minimum Gasteiger partial charge on any atom is -0.316 e. The molecule has 0 aliphatic carbocycles. The Morgan fingerprint density at radius 1 is 1.26 bits per heavy atom. The molecular formula is C13H16N2O2S2. The SMILES string of the molecule is CNCc1ccc(C)c(S(=O)(=O)Nc2ccsc2)c1. The zero-order chi connectivity index (χ0) is 13.9. The van der Waals surface area contributed by atoms with Gasteiger partial charge in [-0.05, 0) is 42.6 Å². The molecule has 6 heteroatoms. The van der Waals surface area contributed by atoms with Crippen molar-refractivity contribution >= 4 is 27.0 Å². The van der Waals surface area contributed by atoms with Crippen molar-refractivity contribution in [3.8, 4) is 0 Å². The molecule has 1 aromatic heterocycles. The molecular weight excluding hydrogens is 280 g/mol. The molecule has 0 radical (unpaired) electrons. The Bertz CT molecular complexity index is 649. The van der Waals surface area contributed by atoms with Crippen molar-refractivity contribution in [2.24, 2.45) is 0 Å². The van der Waals surface area contributed by atoms with E-state index in [-0.39, 0.29) is 0 Å². The van der Waals surface area contributed by atoms with Crippen molar-refractivity contribution in [2.75, 3.05) is 11.8 Å². The van der Waals surface area contributed by atoms with Crippen LogP contribution in [-0.4, -0.2) is 15.5 Å². The number of rotatable bonds is 5. The van der Waals surface area contributed by atoms with Gasteiger partial charge in [0, 0.05) is 11.9 Å². The highest BCUT2D eigenvalue weighted by molar-refractivity contribution is 7.92. The minimum atomic E-state index is -3.53. The Hall–Kier alpha value is -1.37. The van der Waals surface area contributed by atoms with Crippen LogP contribution < -0.4 is 10.0 Å². The molecule has 1 heterocycles. The molecule has 2 rings (SSSR count). The molecule has 19 heavy (non-hydrogen) atoms. The van der Waals surface area contributed by atoms with Crippen molar-refractivity contribution in [1.29, 1.82) is 0 Å². The van der Waals surface area contributed by atoms with Crippen LogP contribution in [0.15, 0.2) is 39.9 Å². The molecule has 2 N–H and O–H groups in total. The minimum absolute atomic E-state index is 0.325. The molecule has 0 aliphatic rings. The highest BCUT2D eigenvalue weighted by Gasteiger charge is 2.17. The fourth-order valence-electron chi connectivity index (χ4n) is 1.78. The van der Waals surface area contributed by atoms with Gasteiger partial charge in [-0.2, -0.15) is 11.3 Å². The van der Waals surface area contributed by atoms with Gasteiger partial charge in [0.1, 0.15) is 0 Å². The highest BCUT2D eigenvalue weighted by Crippen LogP contribution is 2.22. The molecule has 4 nitrogen and oxygen atoms in total. The first kappa shape index (κ1) is 14.0. The molecule has 0 fully saturated rings. The quantitative estimate of drug-likeness (QED) is 0.891. The summed E-state index contributed by atoms with van der Waals surface area (Å²) < 4.78 is 27.3. The van der Waals surface area contributed by atoms with Crippen LogP contribution in [0.3, 0.4) is 0 Å². The molecule has 102 valence electrons. The molecule has 0 saturated heterocycles. The first-order valence-electron chi connectivity index (χ1n) is 5.82. The summed E-state index contributed by atoms with van der Waals surface area (Å²) in [5.74, 6) is 0. The van der Waals surface area contributed by atoms with Crippen LogP contribution in [0.1, 0.15) is 11.1 Å². The Morgan fingerprint density at radius 2 is 2.05 bits per heavy atom. The van der Waals surface area contributed by atoms with E-state index in [2.05, 4.69) is 10.0 Å². The summed E-state index contributed by atoms with van der Waals surface area (Å²) in [4.78, 5) is 0.325. The number of thiophene rings is 1. The molecule has 0 atom stereocenters. The third-order valence-corrected chi connectivity index (χ3v) is 4.90. The maximum absolute atomic E-state index is 12.3. The van der Waals surface area contributed by atoms with Crippen LogP contribution in [0.4, 0.5) is 5.69 Å². The van der Waals surface area contributed by atoms with Crippen molar-refractivity contribution in [2.45, 2.75) is 18.4 Å². The van der Waals surface area contributed by atoms with Crippen LogP contribution in [-0.2, 0) is 16.6 Å². The first-order valence-corrected chi connectivity index (χ1v) is 8.24. The van der Waals surface area contributed by atoms with Gasteiger partial charge in [-0.1, -0.05) is 12.1 Å². The Morgan fingerprint density at radius 3 is 2.68 bits per heavy atom. The molecule has 0 bridgehead atoms. The van der Waals surface area contributed by atoms with Crippen LogP contribution in [0.25, 0.3) is 0 Å². The normalized spacial score (nSPS) is 11.5. The Labute approximate surface area is 117 Å². The number of hydrogen-bond donors (Lipinski definition) is 2. The number of sulfonamides is 1. The van der Waals surface area contributed by atoms with E-state index in [0.29, 0.717) is 17.1 Å². The van der Waals surface area contributed by atoms with Crippen LogP contribution in [0.2, 0.25) is 0 Å². The molecule has 0 aliphatic heterocycles. The van der Waals surface area contributed by atoms with Gasteiger partial charge in [0.2, 0.25) is 0 Å². The van der Waals surface area contributed by atoms with E-state index in [9.17, 15) is 8.42 Å². The molecule has 2 aromatic rings. The van der Waals surface area contributed by atoms with E-state index in [1.807, 2.05) is 24.6 Å². The van der Waals surface area contributed by atoms with Gasteiger partial charge in [0.25, 0.3) is 10.0 Å². The van der Waals surface area contributed by atoms with Gasteiger partial charge in [-0.15, -0.1) is 0 Å². The summed E-state index contributed by atoms with van der Waals surface area (Å²) in [6.07, 6.45) is 0. The van der Waals surface area contributed by atoms with Crippen molar-refractivity contribution in [3.05, 3.63) is 46.2 Å². The van der Waals surface area contributed by atoms with Crippen LogP contribution in [0, 0.1) is 6.92 Å². The lowest BCUT2D eigenvalue weighted by molar-refractivity contribution is 0.600. The van der Waals surface area contributed by atoms with Gasteiger partial charge in [0.05, 0.1) is 10.6 Å². The number of aryl methyl sites for hydroxylation is 1. The summed E-state index contributed by atoms with van der Waals surface area (Å²) in [5.41, 5.74) is 2.28. The average Bonchev–Trinajstić information content (AvgIpc) is 2.84. The van der Waals surface area contributed by atoms with E-state index in [4.69, 9.17) is 0 Å². The lowest BCUT2D eigenvalue weighted by Crippen LogP contribution is -2.15. The summed E-state index contributed by atoms with van der Waals surface area (Å²) in [6.45, 7) is 2.44. The van der Waals surface area contributed by atoms with Crippen LogP contribution >= 0.6 is 11.3 Å². The van der Waals surface area contributed by atoms with Gasteiger partial charge in [-0.25, -0.2) is 8.42 Å². The lowest BCUT2D eigenvalue weighted by atomic mass is 10.1. The fourth-order valence-corrected chi connectivity index (χ4v) is 3.79. The zero-order valence-electron chi connectivity index (χ0n) is 10.8. The smallest absolute Gasteiger partial charge is 0.262 e. The molecule has 0 amide bonds. The topological polar surface area (TPSA) is 58.2 Å². The molecule has 0 unspecified atom stereocenters.